The molecule has 0 saturated carbocycles. The summed E-state index contributed by atoms with van der Waals surface area (Å²) in [5.41, 5.74) is 7.01. The highest BCUT2D eigenvalue weighted by Gasteiger charge is 2.21. The van der Waals surface area contributed by atoms with E-state index >= 15 is 0 Å². The molecule has 0 bridgehead atoms. The first-order valence-corrected chi connectivity index (χ1v) is 8.20. The van der Waals surface area contributed by atoms with Crippen LogP contribution in [0.5, 0.6) is 5.75 Å². The van der Waals surface area contributed by atoms with Gasteiger partial charge in [0.05, 0.1) is 7.11 Å². The van der Waals surface area contributed by atoms with Crippen molar-refractivity contribution in [1.82, 2.24) is 9.97 Å². The van der Waals surface area contributed by atoms with E-state index < -0.39 is 0 Å². The molecule has 0 unspecified atom stereocenters. The summed E-state index contributed by atoms with van der Waals surface area (Å²) < 4.78 is 5.29. The molecule has 2 N–H and O–H groups in total. The molecule has 1 saturated heterocycles. The Morgan fingerprint density at radius 1 is 1.26 bits per heavy atom. The Morgan fingerprint density at radius 3 is 2.74 bits per heavy atom. The molecule has 5 nitrogen and oxygen atoms in total. The molecule has 23 heavy (non-hydrogen) atoms. The Hall–Kier alpha value is -2.01. The van der Waals surface area contributed by atoms with E-state index in [4.69, 9.17) is 22.1 Å². The summed E-state index contributed by atoms with van der Waals surface area (Å²) in [4.78, 5) is 10.4. The van der Waals surface area contributed by atoms with Crippen LogP contribution in [0.25, 0.3) is 0 Å². The van der Waals surface area contributed by atoms with Crippen LogP contribution in [0, 0.1) is 5.92 Å². The van der Waals surface area contributed by atoms with E-state index in [1.807, 2.05) is 6.07 Å². The number of nitrogens with zero attached hydrogens (tertiary/aromatic N) is 3. The van der Waals surface area contributed by atoms with Crippen LogP contribution in [0.1, 0.15) is 18.4 Å². The van der Waals surface area contributed by atoms with Crippen LogP contribution >= 0.6 is 11.6 Å². The quantitative estimate of drug-likeness (QED) is 0.871. The van der Waals surface area contributed by atoms with Crippen LogP contribution in [-0.2, 0) is 6.42 Å². The van der Waals surface area contributed by atoms with Crippen LogP contribution in [-0.4, -0.2) is 30.2 Å². The molecule has 1 aromatic carbocycles. The van der Waals surface area contributed by atoms with Crippen molar-refractivity contribution in [1.29, 1.82) is 0 Å². The zero-order chi connectivity index (χ0) is 16.2. The van der Waals surface area contributed by atoms with Gasteiger partial charge in [-0.25, -0.2) is 4.98 Å². The van der Waals surface area contributed by atoms with E-state index in [1.165, 1.54) is 5.56 Å². The number of hydrogen-bond donors (Lipinski definition) is 1. The summed E-state index contributed by atoms with van der Waals surface area (Å²) in [6.07, 6.45) is 3.33. The van der Waals surface area contributed by atoms with Crippen molar-refractivity contribution in [3.8, 4) is 5.75 Å². The summed E-state index contributed by atoms with van der Waals surface area (Å²) in [5.74, 6) is 2.65. The van der Waals surface area contributed by atoms with Crippen molar-refractivity contribution in [3.63, 3.8) is 0 Å². The molecule has 2 heterocycles. The van der Waals surface area contributed by atoms with Gasteiger partial charge in [-0.2, -0.15) is 4.98 Å². The summed E-state index contributed by atoms with van der Waals surface area (Å²) in [6.45, 7) is 1.92. The van der Waals surface area contributed by atoms with Crippen LogP contribution in [0.4, 0.5) is 11.8 Å². The summed E-state index contributed by atoms with van der Waals surface area (Å²) in [5, 5.41) is 0.394. The Kier molecular flexibility index (Phi) is 4.86. The van der Waals surface area contributed by atoms with E-state index in [0.717, 1.165) is 43.9 Å². The van der Waals surface area contributed by atoms with Crippen LogP contribution in [0.3, 0.4) is 0 Å². The monoisotopic (exact) mass is 332 g/mol. The number of methoxy groups -OCH3 is 1. The lowest BCUT2D eigenvalue weighted by atomic mass is 9.90. The fraction of sp³-hybridized carbons (Fsp3) is 0.412. The number of benzene rings is 1. The number of rotatable bonds is 4. The topological polar surface area (TPSA) is 64.3 Å². The molecule has 1 aliphatic heterocycles. The summed E-state index contributed by atoms with van der Waals surface area (Å²) in [7, 11) is 1.70. The van der Waals surface area contributed by atoms with Gasteiger partial charge in [0.15, 0.2) is 0 Å². The van der Waals surface area contributed by atoms with Gasteiger partial charge >= 0.3 is 0 Å². The number of aromatic nitrogens is 2. The zero-order valence-electron chi connectivity index (χ0n) is 13.2. The highest BCUT2D eigenvalue weighted by atomic mass is 35.5. The first kappa shape index (κ1) is 15.9. The molecule has 1 fully saturated rings. The third-order valence-electron chi connectivity index (χ3n) is 4.30. The van der Waals surface area contributed by atoms with Gasteiger partial charge in [-0.1, -0.05) is 23.7 Å². The average Bonchev–Trinajstić information content (AvgIpc) is 2.55. The van der Waals surface area contributed by atoms with E-state index in [9.17, 15) is 0 Å². The van der Waals surface area contributed by atoms with Crippen LogP contribution in [0.15, 0.2) is 30.3 Å². The van der Waals surface area contributed by atoms with Gasteiger partial charge in [0.25, 0.3) is 0 Å². The highest BCUT2D eigenvalue weighted by Crippen LogP contribution is 2.27. The van der Waals surface area contributed by atoms with E-state index in [-0.39, 0.29) is 5.95 Å². The molecule has 0 aliphatic carbocycles. The van der Waals surface area contributed by atoms with Gasteiger partial charge < -0.3 is 15.4 Å². The average molecular weight is 333 g/mol. The number of piperidine rings is 1. The Bertz CT molecular complexity index is 651. The number of ether oxygens (including phenoxy) is 1. The molecule has 0 radical (unpaired) electrons. The van der Waals surface area contributed by atoms with Gasteiger partial charge in [-0.15, -0.1) is 0 Å². The van der Waals surface area contributed by atoms with E-state index in [0.29, 0.717) is 11.1 Å². The van der Waals surface area contributed by atoms with Crippen molar-refractivity contribution < 1.29 is 4.74 Å². The normalized spacial score (nSPS) is 15.7. The molecule has 0 atom stereocenters. The van der Waals surface area contributed by atoms with Crippen molar-refractivity contribution in [2.45, 2.75) is 19.3 Å². The molecule has 1 aliphatic rings. The molecule has 1 aromatic heterocycles. The largest absolute Gasteiger partial charge is 0.497 e. The number of nitrogen functional groups attached to an aromatic ring is 1. The van der Waals surface area contributed by atoms with Gasteiger partial charge in [-0.05, 0) is 42.9 Å². The summed E-state index contributed by atoms with van der Waals surface area (Å²) in [6, 6.07) is 10.1. The second kappa shape index (κ2) is 7.04. The van der Waals surface area contributed by atoms with Gasteiger partial charge in [0.1, 0.15) is 16.7 Å². The number of anilines is 2. The fourth-order valence-electron chi connectivity index (χ4n) is 3.08. The second-order valence-corrected chi connectivity index (χ2v) is 6.28. The number of hydrogen-bond acceptors (Lipinski definition) is 5. The lowest BCUT2D eigenvalue weighted by Crippen LogP contribution is -2.35. The SMILES string of the molecule is COc1cccc(CC2CCN(c3cc(Cl)nc(N)n3)CC2)c1. The molecule has 0 amide bonds. The minimum Gasteiger partial charge on any atom is -0.497 e. The Balaban J connectivity index is 1.59. The molecule has 2 aromatic rings. The maximum absolute atomic E-state index is 5.96. The predicted octanol–water partition coefficient (Wildman–Crippen LogP) is 3.18. The van der Waals surface area contributed by atoms with Crippen LogP contribution < -0.4 is 15.4 Å². The van der Waals surface area contributed by atoms with Crippen molar-refractivity contribution in [3.05, 3.63) is 41.0 Å². The van der Waals surface area contributed by atoms with E-state index in [1.54, 1.807) is 13.2 Å². The molecular weight excluding hydrogens is 312 g/mol. The molecular formula is C17H21ClN4O. The molecule has 0 spiro atoms. The smallest absolute Gasteiger partial charge is 0.223 e. The first-order chi connectivity index (χ1) is 11.1. The fourth-order valence-corrected chi connectivity index (χ4v) is 3.27. The third-order valence-corrected chi connectivity index (χ3v) is 4.49. The summed E-state index contributed by atoms with van der Waals surface area (Å²) >= 11 is 5.96. The minimum atomic E-state index is 0.228. The van der Waals surface area contributed by atoms with Gasteiger partial charge in [0.2, 0.25) is 5.95 Å². The Labute approximate surface area is 141 Å². The lowest BCUT2D eigenvalue weighted by Gasteiger charge is -2.33. The number of nitrogens with two attached hydrogens (primary N) is 1. The first-order valence-electron chi connectivity index (χ1n) is 7.82. The third kappa shape index (κ3) is 4.05. The minimum absolute atomic E-state index is 0.228. The standard InChI is InChI=1S/C17H21ClN4O/c1-23-14-4-2-3-13(10-14)9-12-5-7-22(8-6-12)16-11-15(18)20-17(19)21-16/h2-4,10-12H,5-9H2,1H3,(H2,19,20,21). The van der Waals surface area contributed by atoms with Gasteiger partial charge in [0, 0.05) is 19.2 Å². The lowest BCUT2D eigenvalue weighted by molar-refractivity contribution is 0.398. The maximum Gasteiger partial charge on any atom is 0.223 e. The van der Waals surface area contributed by atoms with Crippen LogP contribution in [0.2, 0.25) is 5.15 Å². The van der Waals surface area contributed by atoms with E-state index in [2.05, 4.69) is 33.1 Å². The zero-order valence-corrected chi connectivity index (χ0v) is 14.0. The number of halogens is 1. The van der Waals surface area contributed by atoms with Gasteiger partial charge in [-0.3, -0.25) is 0 Å². The van der Waals surface area contributed by atoms with Crippen molar-refractivity contribution in [2.24, 2.45) is 5.92 Å². The molecule has 6 heteroatoms. The maximum atomic E-state index is 5.96. The molecule has 122 valence electrons. The second-order valence-electron chi connectivity index (χ2n) is 5.89. The van der Waals surface area contributed by atoms with Crippen molar-refractivity contribution in [2.75, 3.05) is 30.8 Å². The highest BCUT2D eigenvalue weighted by molar-refractivity contribution is 6.29. The predicted molar refractivity (Wildman–Crippen MR) is 93.1 cm³/mol. The molecule has 3 rings (SSSR count). The Morgan fingerprint density at radius 2 is 2.04 bits per heavy atom. The van der Waals surface area contributed by atoms with Crippen molar-refractivity contribution >= 4 is 23.4 Å².